The fraction of sp³-hybridized carbons (Fsp3) is 0.455. The van der Waals surface area contributed by atoms with E-state index < -0.39 is 12.1 Å². The summed E-state index contributed by atoms with van der Waals surface area (Å²) in [5.41, 5.74) is 1.95. The number of fused-ring (bicyclic) bond motifs is 3. The number of imidazole rings is 1. The first kappa shape index (κ1) is 20.8. The molecule has 3 amide bonds. The number of imide groups is 1. The van der Waals surface area contributed by atoms with E-state index >= 15 is 0 Å². The van der Waals surface area contributed by atoms with Crippen molar-refractivity contribution in [2.75, 3.05) is 46.4 Å². The van der Waals surface area contributed by atoms with E-state index in [0.717, 1.165) is 24.5 Å². The molecular formula is C22H26FN6O3+. The lowest BCUT2D eigenvalue weighted by Crippen LogP contribution is -2.64. The quantitative estimate of drug-likeness (QED) is 0.671. The molecule has 0 bridgehead atoms. The first-order valence-electron chi connectivity index (χ1n) is 10.8. The minimum absolute atomic E-state index is 0.299. The van der Waals surface area contributed by atoms with Gasteiger partial charge in [-0.1, -0.05) is 17.1 Å². The van der Waals surface area contributed by atoms with Crippen LogP contribution < -0.4 is 4.57 Å². The summed E-state index contributed by atoms with van der Waals surface area (Å²) < 4.78 is 23.5. The van der Waals surface area contributed by atoms with Gasteiger partial charge in [0.15, 0.2) is 5.82 Å². The molecule has 4 heterocycles. The summed E-state index contributed by atoms with van der Waals surface area (Å²) in [6, 6.07) is 5.32. The van der Waals surface area contributed by atoms with Crippen LogP contribution in [0.4, 0.5) is 15.1 Å². The van der Waals surface area contributed by atoms with Gasteiger partial charge >= 0.3 is 12.0 Å². The van der Waals surface area contributed by atoms with Crippen molar-refractivity contribution in [1.82, 2.24) is 19.3 Å². The molecule has 0 saturated carbocycles. The van der Waals surface area contributed by atoms with Crippen LogP contribution in [-0.2, 0) is 9.53 Å². The second-order valence-electron chi connectivity index (χ2n) is 8.29. The van der Waals surface area contributed by atoms with Crippen LogP contribution in [0.2, 0.25) is 0 Å². The Bertz CT molecular complexity index is 1140. The Hall–Kier alpha value is -3.11. The third kappa shape index (κ3) is 3.05. The van der Waals surface area contributed by atoms with Crippen molar-refractivity contribution in [3.63, 3.8) is 0 Å². The maximum Gasteiger partial charge on any atom is 0.407 e. The van der Waals surface area contributed by atoms with Gasteiger partial charge in [0.25, 0.3) is 5.91 Å². The predicted octanol–water partition coefficient (Wildman–Crippen LogP) is 1.33. The van der Waals surface area contributed by atoms with Gasteiger partial charge < -0.3 is 4.74 Å². The summed E-state index contributed by atoms with van der Waals surface area (Å²) in [6.45, 7) is 7.53. The first-order chi connectivity index (χ1) is 15.4. The number of ether oxygens (including phenoxy) is 1. The monoisotopic (exact) mass is 441 g/mol. The molecule has 0 spiro atoms. The van der Waals surface area contributed by atoms with Crippen molar-refractivity contribution in [3.05, 3.63) is 41.5 Å². The number of halogens is 1. The summed E-state index contributed by atoms with van der Waals surface area (Å²) in [6.07, 6.45) is 0. The van der Waals surface area contributed by atoms with E-state index in [9.17, 15) is 14.0 Å². The van der Waals surface area contributed by atoms with Crippen LogP contribution in [0, 0.1) is 19.7 Å². The molecule has 1 atom stereocenters. The zero-order chi connectivity index (χ0) is 22.6. The minimum Gasteiger partial charge on any atom is -0.379 e. The molecule has 0 N–H and O–H groups in total. The molecule has 2 aromatic rings. The number of amidine groups is 1. The van der Waals surface area contributed by atoms with Gasteiger partial charge in [-0.25, -0.2) is 13.8 Å². The molecule has 9 nitrogen and oxygen atoms in total. The molecule has 2 fully saturated rings. The number of nitrogens with zero attached hydrogens (tertiary/aromatic N) is 6. The normalized spacial score (nSPS) is 21.1. The number of likely N-dealkylation sites (N-methyl/N-ethyl adjacent to an activating group) is 1. The minimum atomic E-state index is -0.746. The SMILES string of the molecule is Cc1c(C)[n+]2c(n1-c1ccccc1F)N=C1C2C(=O)N(CCN2CCOCC2)C(=O)N1C. The molecule has 3 aliphatic rings. The smallest absolute Gasteiger partial charge is 0.379 e. The van der Waals surface area contributed by atoms with E-state index in [2.05, 4.69) is 9.89 Å². The summed E-state index contributed by atoms with van der Waals surface area (Å²) in [5, 5.41) is 0. The molecule has 10 heteroatoms. The molecule has 0 aliphatic carbocycles. The van der Waals surface area contributed by atoms with Gasteiger partial charge in [0.05, 0.1) is 13.2 Å². The van der Waals surface area contributed by atoms with E-state index in [4.69, 9.17) is 4.74 Å². The highest BCUT2D eigenvalue weighted by Gasteiger charge is 2.54. The third-order valence-corrected chi connectivity index (χ3v) is 6.55. The largest absolute Gasteiger partial charge is 0.407 e. The summed E-state index contributed by atoms with van der Waals surface area (Å²) in [5.74, 6) is 0.114. The Balaban J connectivity index is 1.52. The number of benzene rings is 1. The molecule has 3 aliphatic heterocycles. The number of amides is 3. The van der Waals surface area contributed by atoms with E-state index in [1.807, 2.05) is 18.4 Å². The van der Waals surface area contributed by atoms with Crippen molar-refractivity contribution in [2.45, 2.75) is 19.9 Å². The number of morpholine rings is 1. The maximum atomic E-state index is 14.6. The van der Waals surface area contributed by atoms with Crippen LogP contribution in [0.15, 0.2) is 29.3 Å². The van der Waals surface area contributed by atoms with Gasteiger partial charge in [0, 0.05) is 33.2 Å². The lowest BCUT2D eigenvalue weighted by Gasteiger charge is -2.35. The number of para-hydroxylation sites is 1. The van der Waals surface area contributed by atoms with Gasteiger partial charge in [-0.3, -0.25) is 19.5 Å². The Morgan fingerprint density at radius 1 is 1.16 bits per heavy atom. The average molecular weight is 441 g/mol. The number of rotatable bonds is 4. The highest BCUT2D eigenvalue weighted by Crippen LogP contribution is 2.33. The number of carbonyl (C=O) groups is 2. The van der Waals surface area contributed by atoms with Crippen molar-refractivity contribution < 1.29 is 23.3 Å². The topological polar surface area (TPSA) is 74.3 Å². The first-order valence-corrected chi connectivity index (χ1v) is 10.8. The highest BCUT2D eigenvalue weighted by molar-refractivity contribution is 6.19. The number of carbonyl (C=O) groups excluding carboxylic acids is 2. The van der Waals surface area contributed by atoms with E-state index in [-0.39, 0.29) is 11.7 Å². The number of hydrogen-bond donors (Lipinski definition) is 0. The Morgan fingerprint density at radius 2 is 1.88 bits per heavy atom. The molecule has 5 rings (SSSR count). The second kappa shape index (κ2) is 7.79. The lowest BCUT2D eigenvalue weighted by molar-refractivity contribution is -0.682. The zero-order valence-electron chi connectivity index (χ0n) is 18.4. The Morgan fingerprint density at radius 3 is 2.59 bits per heavy atom. The van der Waals surface area contributed by atoms with Gasteiger partial charge in [0.1, 0.15) is 17.1 Å². The maximum absolute atomic E-state index is 14.6. The second-order valence-corrected chi connectivity index (χ2v) is 8.29. The predicted molar refractivity (Wildman–Crippen MR) is 114 cm³/mol. The fourth-order valence-corrected chi connectivity index (χ4v) is 4.63. The van der Waals surface area contributed by atoms with E-state index in [0.29, 0.717) is 43.8 Å². The molecule has 168 valence electrons. The average Bonchev–Trinajstić information content (AvgIpc) is 3.29. The Kier molecular flexibility index (Phi) is 5.06. The van der Waals surface area contributed by atoms with Gasteiger partial charge in [0.2, 0.25) is 11.9 Å². The Labute approximate surface area is 185 Å². The van der Waals surface area contributed by atoms with Crippen molar-refractivity contribution in [3.8, 4) is 5.69 Å². The lowest BCUT2D eigenvalue weighted by atomic mass is 10.1. The standard InChI is InChI=1S/C22H26FN6O3/c1-14-15(2)29-18-19(24-21(29)28(14)17-7-5-4-6-16(17)23)25(3)22(31)27(20(18)30)9-8-26-10-12-32-13-11-26/h4-7,18H,8-13H2,1-3H3/q+1. The van der Waals surface area contributed by atoms with E-state index in [1.54, 1.807) is 29.8 Å². The highest BCUT2D eigenvalue weighted by atomic mass is 19.1. The van der Waals surface area contributed by atoms with Gasteiger partial charge in [-0.2, -0.15) is 4.57 Å². The summed E-state index contributed by atoms with van der Waals surface area (Å²) >= 11 is 0. The van der Waals surface area contributed by atoms with Crippen LogP contribution >= 0.6 is 0 Å². The molecule has 32 heavy (non-hydrogen) atoms. The fourth-order valence-electron chi connectivity index (χ4n) is 4.63. The molecule has 1 aromatic carbocycles. The van der Waals surface area contributed by atoms with Gasteiger partial charge in [-0.05, 0) is 26.0 Å². The number of aliphatic imine (C=N–C) groups is 1. The molecule has 0 radical (unpaired) electrons. The van der Waals surface area contributed by atoms with Crippen LogP contribution in [-0.4, -0.2) is 83.5 Å². The molecule has 1 aromatic heterocycles. The molecular weight excluding hydrogens is 415 g/mol. The molecule has 2 saturated heterocycles. The zero-order valence-corrected chi connectivity index (χ0v) is 18.4. The molecule has 1 unspecified atom stereocenters. The number of hydrogen-bond acceptors (Lipinski definition) is 5. The van der Waals surface area contributed by atoms with Gasteiger partial charge in [-0.15, -0.1) is 0 Å². The van der Waals surface area contributed by atoms with Crippen LogP contribution in [0.5, 0.6) is 0 Å². The van der Waals surface area contributed by atoms with Crippen LogP contribution in [0.25, 0.3) is 5.69 Å². The number of urea groups is 1. The van der Waals surface area contributed by atoms with Crippen LogP contribution in [0.1, 0.15) is 17.4 Å². The van der Waals surface area contributed by atoms with Crippen molar-refractivity contribution >= 4 is 23.7 Å². The van der Waals surface area contributed by atoms with Crippen LogP contribution in [0.3, 0.4) is 0 Å². The summed E-state index contributed by atoms with van der Waals surface area (Å²) in [4.78, 5) is 36.1. The number of aromatic nitrogens is 2. The van der Waals surface area contributed by atoms with E-state index in [1.165, 1.54) is 15.9 Å². The van der Waals surface area contributed by atoms with Crippen molar-refractivity contribution in [2.24, 2.45) is 4.99 Å². The summed E-state index contributed by atoms with van der Waals surface area (Å²) in [7, 11) is 1.63. The third-order valence-electron chi connectivity index (χ3n) is 6.55. The van der Waals surface area contributed by atoms with Crippen molar-refractivity contribution in [1.29, 1.82) is 0 Å².